The largest absolute Gasteiger partial charge is 0.385 e. The maximum atomic E-state index is 6.30. The molecular formula is C19H27NO. The number of anilines is 1. The van der Waals surface area contributed by atoms with Crippen molar-refractivity contribution in [3.63, 3.8) is 0 Å². The lowest BCUT2D eigenvalue weighted by molar-refractivity contribution is -0.121. The molecule has 0 amide bonds. The molecule has 1 aliphatic carbocycles. The first-order chi connectivity index (χ1) is 10.4. The molecule has 2 heteroatoms. The zero-order valence-corrected chi connectivity index (χ0v) is 12.9. The van der Waals surface area contributed by atoms with E-state index in [9.17, 15) is 0 Å². The van der Waals surface area contributed by atoms with Crippen LogP contribution in [-0.4, -0.2) is 18.8 Å². The van der Waals surface area contributed by atoms with Gasteiger partial charge in [-0.1, -0.05) is 37.5 Å². The number of ether oxygens (including phenoxy) is 1. The van der Waals surface area contributed by atoms with Gasteiger partial charge in [-0.2, -0.15) is 0 Å². The van der Waals surface area contributed by atoms with E-state index in [1.807, 2.05) is 0 Å². The van der Waals surface area contributed by atoms with Gasteiger partial charge in [0.15, 0.2) is 0 Å². The van der Waals surface area contributed by atoms with Gasteiger partial charge in [-0.15, -0.1) is 0 Å². The molecule has 2 heterocycles. The molecule has 3 aliphatic rings. The second-order valence-corrected chi connectivity index (χ2v) is 7.25. The predicted molar refractivity (Wildman–Crippen MR) is 86.8 cm³/mol. The van der Waals surface area contributed by atoms with Crippen LogP contribution in [-0.2, 0) is 4.74 Å². The summed E-state index contributed by atoms with van der Waals surface area (Å²) in [5.74, 6) is 1.56. The molecule has 114 valence electrons. The molecule has 0 radical (unpaired) electrons. The van der Waals surface area contributed by atoms with E-state index in [2.05, 4.69) is 29.6 Å². The zero-order valence-electron chi connectivity index (χ0n) is 12.9. The Morgan fingerprint density at radius 3 is 2.81 bits per heavy atom. The van der Waals surface area contributed by atoms with Gasteiger partial charge in [-0.3, -0.25) is 0 Å². The molecule has 2 fully saturated rings. The Bertz CT molecular complexity index is 487. The highest BCUT2D eigenvalue weighted by atomic mass is 16.5. The van der Waals surface area contributed by atoms with Crippen molar-refractivity contribution in [1.82, 2.24) is 0 Å². The zero-order chi connectivity index (χ0) is 14.1. The summed E-state index contributed by atoms with van der Waals surface area (Å²) in [4.78, 5) is 0. The number of rotatable bonds is 1. The predicted octanol–water partition coefficient (Wildman–Crippen LogP) is 4.72. The minimum absolute atomic E-state index is 0.237. The second kappa shape index (κ2) is 5.64. The number of nitrogens with one attached hydrogen (secondary N) is 1. The average molecular weight is 285 g/mol. The average Bonchev–Trinajstić information content (AvgIpc) is 2.55. The molecule has 1 aromatic rings. The van der Waals surface area contributed by atoms with Crippen LogP contribution >= 0.6 is 0 Å². The number of hydrogen-bond acceptors (Lipinski definition) is 2. The quantitative estimate of drug-likeness (QED) is 0.806. The van der Waals surface area contributed by atoms with Crippen molar-refractivity contribution < 1.29 is 4.74 Å². The number of para-hydroxylation sites is 1. The molecule has 2 unspecified atom stereocenters. The van der Waals surface area contributed by atoms with Crippen LogP contribution in [0.3, 0.4) is 0 Å². The van der Waals surface area contributed by atoms with Crippen molar-refractivity contribution in [2.75, 3.05) is 18.5 Å². The molecule has 21 heavy (non-hydrogen) atoms. The first-order valence-corrected chi connectivity index (χ1v) is 8.83. The Morgan fingerprint density at radius 2 is 1.90 bits per heavy atom. The third-order valence-electron chi connectivity index (χ3n) is 6.00. The van der Waals surface area contributed by atoms with E-state index in [-0.39, 0.29) is 5.60 Å². The molecular weight excluding hydrogens is 258 g/mol. The third-order valence-corrected chi connectivity index (χ3v) is 6.00. The normalized spacial score (nSPS) is 31.4. The Kier molecular flexibility index (Phi) is 3.66. The van der Waals surface area contributed by atoms with E-state index in [0.717, 1.165) is 25.0 Å². The molecule has 1 saturated heterocycles. The van der Waals surface area contributed by atoms with Crippen LogP contribution in [0.2, 0.25) is 0 Å². The fourth-order valence-corrected chi connectivity index (χ4v) is 4.94. The van der Waals surface area contributed by atoms with Crippen molar-refractivity contribution >= 4 is 5.69 Å². The van der Waals surface area contributed by atoms with Crippen LogP contribution in [0.25, 0.3) is 0 Å². The summed E-state index contributed by atoms with van der Waals surface area (Å²) in [6.07, 6.45) is 10.6. The fraction of sp³-hybridized carbons (Fsp3) is 0.684. The maximum absolute atomic E-state index is 6.30. The molecule has 1 saturated carbocycles. The molecule has 2 atom stereocenters. The molecule has 1 N–H and O–H groups in total. The van der Waals surface area contributed by atoms with Crippen molar-refractivity contribution in [3.8, 4) is 0 Å². The number of fused-ring (bicyclic) bond motifs is 1. The van der Waals surface area contributed by atoms with Crippen molar-refractivity contribution in [2.45, 2.75) is 62.9 Å². The van der Waals surface area contributed by atoms with Crippen LogP contribution < -0.4 is 5.32 Å². The van der Waals surface area contributed by atoms with Crippen molar-refractivity contribution in [1.29, 1.82) is 0 Å². The van der Waals surface area contributed by atoms with E-state index < -0.39 is 0 Å². The maximum Gasteiger partial charge on any atom is 0.0685 e. The van der Waals surface area contributed by atoms with Crippen molar-refractivity contribution in [3.05, 3.63) is 29.8 Å². The first-order valence-electron chi connectivity index (χ1n) is 8.83. The van der Waals surface area contributed by atoms with Crippen LogP contribution in [0.4, 0.5) is 5.69 Å². The van der Waals surface area contributed by atoms with Gasteiger partial charge in [-0.25, -0.2) is 0 Å². The molecule has 2 aliphatic heterocycles. The Morgan fingerprint density at radius 1 is 1.05 bits per heavy atom. The Hall–Kier alpha value is -1.02. The van der Waals surface area contributed by atoms with Crippen LogP contribution in [0.15, 0.2) is 24.3 Å². The van der Waals surface area contributed by atoms with E-state index in [0.29, 0.717) is 0 Å². The van der Waals surface area contributed by atoms with Gasteiger partial charge < -0.3 is 10.1 Å². The van der Waals surface area contributed by atoms with Gasteiger partial charge in [0.05, 0.1) is 5.60 Å². The highest BCUT2D eigenvalue weighted by Gasteiger charge is 2.41. The van der Waals surface area contributed by atoms with Crippen LogP contribution in [0.1, 0.15) is 62.8 Å². The smallest absolute Gasteiger partial charge is 0.0685 e. The summed E-state index contributed by atoms with van der Waals surface area (Å²) in [7, 11) is 0. The monoisotopic (exact) mass is 285 g/mol. The van der Waals surface area contributed by atoms with Crippen LogP contribution in [0, 0.1) is 5.92 Å². The van der Waals surface area contributed by atoms with Gasteiger partial charge in [-0.05, 0) is 55.6 Å². The summed E-state index contributed by atoms with van der Waals surface area (Å²) in [6.45, 7) is 2.11. The van der Waals surface area contributed by atoms with Gasteiger partial charge in [0.2, 0.25) is 0 Å². The minimum atomic E-state index is 0.237. The van der Waals surface area contributed by atoms with Crippen molar-refractivity contribution in [2.24, 2.45) is 5.92 Å². The van der Waals surface area contributed by atoms with E-state index in [4.69, 9.17) is 4.74 Å². The van der Waals surface area contributed by atoms with Gasteiger partial charge in [0.25, 0.3) is 0 Å². The lowest BCUT2D eigenvalue weighted by atomic mass is 9.69. The van der Waals surface area contributed by atoms with Gasteiger partial charge >= 0.3 is 0 Å². The fourth-order valence-electron chi connectivity index (χ4n) is 4.94. The number of hydrogen-bond donors (Lipinski definition) is 1. The third kappa shape index (κ3) is 2.59. The Labute approximate surface area is 128 Å². The topological polar surface area (TPSA) is 21.3 Å². The summed E-state index contributed by atoms with van der Waals surface area (Å²) in [5, 5.41) is 3.57. The van der Waals surface area contributed by atoms with Crippen LogP contribution in [0.5, 0.6) is 0 Å². The summed E-state index contributed by atoms with van der Waals surface area (Å²) >= 11 is 0. The molecule has 2 nitrogen and oxygen atoms in total. The lowest BCUT2D eigenvalue weighted by Crippen LogP contribution is -2.43. The summed E-state index contributed by atoms with van der Waals surface area (Å²) in [6, 6.07) is 8.95. The summed E-state index contributed by atoms with van der Waals surface area (Å²) < 4.78 is 6.30. The summed E-state index contributed by atoms with van der Waals surface area (Å²) in [5.41, 5.74) is 3.17. The molecule has 4 rings (SSSR count). The minimum Gasteiger partial charge on any atom is -0.385 e. The highest BCUT2D eigenvalue weighted by Crippen LogP contribution is 2.47. The number of benzene rings is 1. The van der Waals surface area contributed by atoms with Gasteiger partial charge in [0.1, 0.15) is 0 Å². The molecule has 1 aromatic carbocycles. The van der Waals surface area contributed by atoms with E-state index in [1.54, 1.807) is 5.56 Å². The molecule has 1 spiro atoms. The highest BCUT2D eigenvalue weighted by molar-refractivity contribution is 5.54. The Balaban J connectivity index is 1.56. The van der Waals surface area contributed by atoms with E-state index in [1.165, 1.54) is 57.1 Å². The standard InChI is InChI=1S/C19H27NO/c1-4-10-19(11-5-1)14-15(9-13-21-19)16-8-12-20-18-7-3-2-6-17(16)18/h2-3,6-7,15-16,20H,1,4-5,8-14H2. The lowest BCUT2D eigenvalue weighted by Gasteiger charge is -2.46. The molecule has 0 bridgehead atoms. The molecule has 0 aromatic heterocycles. The first kappa shape index (κ1) is 13.6. The SMILES string of the molecule is c1ccc2c(c1)NCCC2C1CCOC2(CCCCC2)C1. The van der Waals surface area contributed by atoms with Gasteiger partial charge in [0, 0.05) is 18.8 Å². The van der Waals surface area contributed by atoms with E-state index >= 15 is 0 Å². The second-order valence-electron chi connectivity index (χ2n) is 7.25.